The first-order valence-corrected chi connectivity index (χ1v) is 6.42. The Hall–Kier alpha value is -0.930. The van der Waals surface area contributed by atoms with Crippen LogP contribution in [0.25, 0.3) is 0 Å². The SMILES string of the molecule is COc1ccc(NC2CCCC(N)C2)cc1Cl. The molecule has 0 aliphatic heterocycles. The van der Waals surface area contributed by atoms with Gasteiger partial charge in [-0.05, 0) is 43.9 Å². The summed E-state index contributed by atoms with van der Waals surface area (Å²) in [5, 5.41) is 4.12. The van der Waals surface area contributed by atoms with Crippen molar-refractivity contribution in [2.75, 3.05) is 12.4 Å². The summed E-state index contributed by atoms with van der Waals surface area (Å²) < 4.78 is 5.13. The Morgan fingerprint density at radius 2 is 2.24 bits per heavy atom. The Morgan fingerprint density at radius 3 is 2.88 bits per heavy atom. The van der Waals surface area contributed by atoms with Crippen LogP contribution in [0.3, 0.4) is 0 Å². The van der Waals surface area contributed by atoms with Gasteiger partial charge in [0.05, 0.1) is 12.1 Å². The molecule has 1 fully saturated rings. The Labute approximate surface area is 107 Å². The van der Waals surface area contributed by atoms with E-state index in [0.29, 0.717) is 22.9 Å². The Balaban J connectivity index is 2.00. The summed E-state index contributed by atoms with van der Waals surface area (Å²) in [7, 11) is 1.62. The number of nitrogens with one attached hydrogen (secondary N) is 1. The van der Waals surface area contributed by atoms with Gasteiger partial charge in [-0.3, -0.25) is 0 Å². The van der Waals surface area contributed by atoms with Gasteiger partial charge in [0.2, 0.25) is 0 Å². The van der Waals surface area contributed by atoms with Crippen LogP contribution in [-0.4, -0.2) is 19.2 Å². The molecule has 0 heterocycles. The molecule has 3 nitrogen and oxygen atoms in total. The van der Waals surface area contributed by atoms with Gasteiger partial charge in [0, 0.05) is 17.8 Å². The van der Waals surface area contributed by atoms with Crippen LogP contribution in [0.5, 0.6) is 5.75 Å². The van der Waals surface area contributed by atoms with Gasteiger partial charge in [-0.1, -0.05) is 11.6 Å². The van der Waals surface area contributed by atoms with Gasteiger partial charge in [0.15, 0.2) is 0 Å². The summed E-state index contributed by atoms with van der Waals surface area (Å²) in [5.41, 5.74) is 7.01. The van der Waals surface area contributed by atoms with Crippen molar-refractivity contribution in [2.45, 2.75) is 37.8 Å². The standard InChI is InChI=1S/C13H19ClN2O/c1-17-13-6-5-11(8-12(13)14)16-10-4-2-3-9(15)7-10/h5-6,8-10,16H,2-4,7,15H2,1H3. The van der Waals surface area contributed by atoms with Gasteiger partial charge >= 0.3 is 0 Å². The first-order valence-electron chi connectivity index (χ1n) is 6.04. The molecule has 1 aliphatic rings. The topological polar surface area (TPSA) is 47.3 Å². The zero-order valence-electron chi connectivity index (χ0n) is 10.1. The lowest BCUT2D eigenvalue weighted by atomic mass is 9.91. The average Bonchev–Trinajstić information content (AvgIpc) is 2.29. The summed E-state index contributed by atoms with van der Waals surface area (Å²) in [6, 6.07) is 6.57. The summed E-state index contributed by atoms with van der Waals surface area (Å²) in [6.07, 6.45) is 4.55. The lowest BCUT2D eigenvalue weighted by molar-refractivity contribution is 0.408. The molecule has 0 radical (unpaired) electrons. The normalized spacial score (nSPS) is 24.4. The first kappa shape index (κ1) is 12.5. The smallest absolute Gasteiger partial charge is 0.137 e. The van der Waals surface area contributed by atoms with Crippen molar-refractivity contribution in [3.63, 3.8) is 0 Å². The predicted octanol–water partition coefficient (Wildman–Crippen LogP) is 3.03. The first-order chi connectivity index (χ1) is 8.19. The second-order valence-corrected chi connectivity index (χ2v) is 5.02. The van der Waals surface area contributed by atoms with Crippen LogP contribution in [0.2, 0.25) is 5.02 Å². The lowest BCUT2D eigenvalue weighted by Crippen LogP contribution is -2.34. The van der Waals surface area contributed by atoms with Gasteiger partial charge in [0.1, 0.15) is 5.75 Å². The molecule has 94 valence electrons. The van der Waals surface area contributed by atoms with Crippen LogP contribution in [0.1, 0.15) is 25.7 Å². The van der Waals surface area contributed by atoms with Crippen LogP contribution in [0.15, 0.2) is 18.2 Å². The minimum Gasteiger partial charge on any atom is -0.495 e. The molecule has 0 amide bonds. The van der Waals surface area contributed by atoms with Crippen molar-refractivity contribution in [2.24, 2.45) is 5.73 Å². The number of hydrogen-bond acceptors (Lipinski definition) is 3. The monoisotopic (exact) mass is 254 g/mol. The lowest BCUT2D eigenvalue weighted by Gasteiger charge is -2.28. The molecule has 0 aromatic heterocycles. The van der Waals surface area contributed by atoms with E-state index in [4.69, 9.17) is 22.1 Å². The summed E-state index contributed by atoms with van der Waals surface area (Å²) in [6.45, 7) is 0. The second kappa shape index (κ2) is 5.61. The summed E-state index contributed by atoms with van der Waals surface area (Å²) >= 11 is 6.09. The minimum atomic E-state index is 0.329. The van der Waals surface area contributed by atoms with E-state index in [-0.39, 0.29) is 0 Å². The third-order valence-electron chi connectivity index (χ3n) is 3.24. The highest BCUT2D eigenvalue weighted by molar-refractivity contribution is 6.32. The highest BCUT2D eigenvalue weighted by atomic mass is 35.5. The van der Waals surface area contributed by atoms with Gasteiger partial charge in [-0.25, -0.2) is 0 Å². The maximum atomic E-state index is 6.09. The summed E-state index contributed by atoms with van der Waals surface area (Å²) in [5.74, 6) is 0.706. The van der Waals surface area contributed by atoms with E-state index in [0.717, 1.165) is 18.5 Å². The Kier molecular flexibility index (Phi) is 4.13. The molecule has 0 bridgehead atoms. The second-order valence-electron chi connectivity index (χ2n) is 4.62. The van der Waals surface area contributed by atoms with E-state index in [1.165, 1.54) is 12.8 Å². The van der Waals surface area contributed by atoms with E-state index in [1.54, 1.807) is 7.11 Å². The Morgan fingerprint density at radius 1 is 1.41 bits per heavy atom. The molecular formula is C13H19ClN2O. The van der Waals surface area contributed by atoms with Crippen molar-refractivity contribution in [1.29, 1.82) is 0 Å². The molecule has 1 aromatic carbocycles. The summed E-state index contributed by atoms with van der Waals surface area (Å²) in [4.78, 5) is 0. The highest BCUT2D eigenvalue weighted by Crippen LogP contribution is 2.29. The highest BCUT2D eigenvalue weighted by Gasteiger charge is 2.19. The van der Waals surface area contributed by atoms with E-state index >= 15 is 0 Å². The molecule has 3 N–H and O–H groups in total. The molecule has 1 saturated carbocycles. The number of benzene rings is 1. The Bertz CT molecular complexity index is 384. The van der Waals surface area contributed by atoms with Gasteiger partial charge in [-0.15, -0.1) is 0 Å². The molecule has 2 atom stereocenters. The van der Waals surface area contributed by atoms with E-state index in [9.17, 15) is 0 Å². The number of rotatable bonds is 3. The average molecular weight is 255 g/mol. The predicted molar refractivity (Wildman–Crippen MR) is 71.9 cm³/mol. The third kappa shape index (κ3) is 3.27. The number of methoxy groups -OCH3 is 1. The van der Waals surface area contributed by atoms with Gasteiger partial charge in [0.25, 0.3) is 0 Å². The van der Waals surface area contributed by atoms with E-state index in [1.807, 2.05) is 18.2 Å². The fourth-order valence-corrected chi connectivity index (χ4v) is 2.61. The molecule has 0 saturated heterocycles. The fraction of sp³-hybridized carbons (Fsp3) is 0.538. The van der Waals surface area contributed by atoms with Crippen LogP contribution < -0.4 is 15.8 Å². The molecule has 1 aromatic rings. The maximum absolute atomic E-state index is 6.09. The van der Waals surface area contributed by atoms with Crippen molar-refractivity contribution in [3.05, 3.63) is 23.2 Å². The molecule has 0 spiro atoms. The van der Waals surface area contributed by atoms with Crippen LogP contribution in [0, 0.1) is 0 Å². The molecule has 17 heavy (non-hydrogen) atoms. The molecule has 2 unspecified atom stereocenters. The van der Waals surface area contributed by atoms with Gasteiger partial charge in [-0.2, -0.15) is 0 Å². The zero-order valence-corrected chi connectivity index (χ0v) is 10.8. The number of hydrogen-bond donors (Lipinski definition) is 2. The molecule has 1 aliphatic carbocycles. The molecule has 4 heteroatoms. The maximum Gasteiger partial charge on any atom is 0.137 e. The van der Waals surface area contributed by atoms with E-state index in [2.05, 4.69) is 5.32 Å². The number of ether oxygens (including phenoxy) is 1. The van der Waals surface area contributed by atoms with Crippen LogP contribution in [-0.2, 0) is 0 Å². The quantitative estimate of drug-likeness (QED) is 0.872. The number of halogens is 1. The third-order valence-corrected chi connectivity index (χ3v) is 3.53. The molecular weight excluding hydrogens is 236 g/mol. The van der Waals surface area contributed by atoms with Crippen molar-refractivity contribution in [1.82, 2.24) is 0 Å². The van der Waals surface area contributed by atoms with Crippen LogP contribution in [0.4, 0.5) is 5.69 Å². The largest absolute Gasteiger partial charge is 0.495 e. The zero-order chi connectivity index (χ0) is 12.3. The van der Waals surface area contributed by atoms with Crippen molar-refractivity contribution < 1.29 is 4.74 Å². The van der Waals surface area contributed by atoms with Gasteiger partial charge < -0.3 is 15.8 Å². The minimum absolute atomic E-state index is 0.329. The van der Waals surface area contributed by atoms with Crippen LogP contribution >= 0.6 is 11.6 Å². The number of anilines is 1. The molecule has 2 rings (SSSR count). The fourth-order valence-electron chi connectivity index (χ4n) is 2.35. The number of nitrogens with two attached hydrogens (primary N) is 1. The van der Waals surface area contributed by atoms with Crippen molar-refractivity contribution >= 4 is 17.3 Å². The van der Waals surface area contributed by atoms with E-state index < -0.39 is 0 Å². The van der Waals surface area contributed by atoms with Crippen molar-refractivity contribution in [3.8, 4) is 5.75 Å².